The average Bonchev–Trinajstić information content (AvgIpc) is 3.02. The van der Waals surface area contributed by atoms with E-state index in [4.69, 9.17) is 0 Å². The minimum atomic E-state index is -3.47. The summed E-state index contributed by atoms with van der Waals surface area (Å²) in [4.78, 5) is 9.05. The van der Waals surface area contributed by atoms with Crippen LogP contribution in [0.25, 0.3) is 0 Å². The van der Waals surface area contributed by atoms with Crippen molar-refractivity contribution in [2.75, 3.05) is 0 Å². The molecule has 3 heterocycles. The largest absolute Gasteiger partial charge is 0.263 e. The van der Waals surface area contributed by atoms with Crippen LogP contribution in [0.5, 0.6) is 0 Å². The molecule has 1 aromatic heterocycles. The molecule has 0 aliphatic carbocycles. The highest BCUT2D eigenvalue weighted by molar-refractivity contribution is 7.90. The Morgan fingerprint density at radius 1 is 1.33 bits per heavy atom. The maximum atomic E-state index is 12.0. The zero-order valence-corrected chi connectivity index (χ0v) is 11.9. The summed E-state index contributed by atoms with van der Waals surface area (Å²) < 4.78 is 28.4. The molecule has 0 spiro atoms. The summed E-state index contributed by atoms with van der Waals surface area (Å²) >= 11 is 0. The highest BCUT2D eigenvalue weighted by Gasteiger charge is 2.31. The molecular weight excluding hydrogens is 290 g/mol. The molecule has 4 rings (SSSR count). The normalized spacial score (nSPS) is 24.4. The molecule has 1 N–H and O–H groups in total. The average molecular weight is 303 g/mol. The van der Waals surface area contributed by atoms with Crippen LogP contribution < -0.4 is 4.72 Å². The van der Waals surface area contributed by atoms with E-state index < -0.39 is 10.0 Å². The van der Waals surface area contributed by atoms with Crippen molar-refractivity contribution in [1.29, 1.82) is 0 Å². The van der Waals surface area contributed by atoms with Crippen molar-refractivity contribution in [2.45, 2.75) is 30.3 Å². The Morgan fingerprint density at radius 2 is 2.19 bits per heavy atom. The molecule has 2 aliphatic rings. The van der Waals surface area contributed by atoms with Crippen molar-refractivity contribution in [3.63, 3.8) is 0 Å². The SMILES string of the molecule is O=S1(=O)NC(=NC2CCc3ncnn3C2)c2ccccc21. The number of aliphatic imine (C=N–C) groups is 1. The summed E-state index contributed by atoms with van der Waals surface area (Å²) in [6.07, 6.45) is 3.18. The van der Waals surface area contributed by atoms with Gasteiger partial charge in [-0.3, -0.25) is 9.71 Å². The quantitative estimate of drug-likeness (QED) is 0.822. The molecule has 2 aliphatic heterocycles. The van der Waals surface area contributed by atoms with Crippen LogP contribution in [-0.2, 0) is 23.0 Å². The van der Waals surface area contributed by atoms with E-state index in [0.29, 0.717) is 22.8 Å². The van der Waals surface area contributed by atoms with Gasteiger partial charge in [0.2, 0.25) is 0 Å². The van der Waals surface area contributed by atoms with Crippen LogP contribution in [0.2, 0.25) is 0 Å². The molecular formula is C13H13N5O2S. The van der Waals surface area contributed by atoms with Gasteiger partial charge in [0.1, 0.15) is 18.0 Å². The molecule has 0 bridgehead atoms. The van der Waals surface area contributed by atoms with Gasteiger partial charge < -0.3 is 0 Å². The maximum Gasteiger partial charge on any atom is 0.263 e. The third-order valence-corrected chi connectivity index (χ3v) is 5.15. The highest BCUT2D eigenvalue weighted by atomic mass is 32.2. The summed E-state index contributed by atoms with van der Waals surface area (Å²) in [7, 11) is -3.47. The second-order valence-electron chi connectivity index (χ2n) is 5.13. The maximum absolute atomic E-state index is 12.0. The fourth-order valence-corrected chi connectivity index (χ4v) is 3.98. The first kappa shape index (κ1) is 12.5. The molecule has 0 fully saturated rings. The molecule has 1 atom stereocenters. The van der Waals surface area contributed by atoms with Crippen LogP contribution >= 0.6 is 0 Å². The lowest BCUT2D eigenvalue weighted by Gasteiger charge is -2.19. The second-order valence-corrected chi connectivity index (χ2v) is 6.78. The number of benzene rings is 1. The zero-order valence-electron chi connectivity index (χ0n) is 11.1. The number of aryl methyl sites for hydroxylation is 1. The van der Waals surface area contributed by atoms with Gasteiger partial charge in [0, 0.05) is 12.0 Å². The van der Waals surface area contributed by atoms with Crippen molar-refractivity contribution < 1.29 is 8.42 Å². The predicted octanol–water partition coefficient (Wildman–Crippen LogP) is 0.332. The molecule has 1 unspecified atom stereocenters. The zero-order chi connectivity index (χ0) is 14.4. The lowest BCUT2D eigenvalue weighted by Crippen LogP contribution is -2.29. The van der Waals surface area contributed by atoms with Crippen LogP contribution in [-0.4, -0.2) is 35.1 Å². The number of sulfonamides is 1. The number of hydrogen-bond acceptors (Lipinski definition) is 5. The number of hydrogen-bond donors (Lipinski definition) is 1. The van der Waals surface area contributed by atoms with Gasteiger partial charge in [0.05, 0.1) is 17.5 Å². The number of fused-ring (bicyclic) bond motifs is 2. The van der Waals surface area contributed by atoms with Crippen LogP contribution in [0, 0.1) is 0 Å². The summed E-state index contributed by atoms with van der Waals surface area (Å²) in [6.45, 7) is 0.628. The monoisotopic (exact) mass is 303 g/mol. The molecule has 0 amide bonds. The molecule has 0 saturated heterocycles. The molecule has 7 nitrogen and oxygen atoms in total. The Kier molecular flexibility index (Phi) is 2.61. The van der Waals surface area contributed by atoms with Crippen LogP contribution in [0.3, 0.4) is 0 Å². The fourth-order valence-electron chi connectivity index (χ4n) is 2.74. The first-order valence-corrected chi connectivity index (χ1v) is 8.18. The molecule has 108 valence electrons. The van der Waals surface area contributed by atoms with Crippen molar-refractivity contribution in [2.24, 2.45) is 4.99 Å². The summed E-state index contributed by atoms with van der Waals surface area (Å²) in [6, 6.07) is 6.89. The van der Waals surface area contributed by atoms with Crippen molar-refractivity contribution in [3.8, 4) is 0 Å². The number of amidine groups is 1. The molecule has 0 saturated carbocycles. The Hall–Kier alpha value is -2.22. The molecule has 0 radical (unpaired) electrons. The summed E-state index contributed by atoms with van der Waals surface area (Å²) in [5, 5.41) is 4.15. The van der Waals surface area contributed by atoms with Crippen molar-refractivity contribution >= 4 is 15.9 Å². The van der Waals surface area contributed by atoms with E-state index in [1.807, 2.05) is 10.7 Å². The lowest BCUT2D eigenvalue weighted by atomic mass is 10.1. The fraction of sp³-hybridized carbons (Fsp3) is 0.308. The molecule has 2 aromatic rings. The van der Waals surface area contributed by atoms with E-state index in [1.54, 1.807) is 24.5 Å². The molecule has 21 heavy (non-hydrogen) atoms. The predicted molar refractivity (Wildman–Crippen MR) is 75.4 cm³/mol. The van der Waals surface area contributed by atoms with Gasteiger partial charge in [-0.15, -0.1) is 0 Å². The summed E-state index contributed by atoms with van der Waals surface area (Å²) in [5.41, 5.74) is 0.641. The van der Waals surface area contributed by atoms with Gasteiger partial charge in [-0.1, -0.05) is 12.1 Å². The Bertz CT molecular complexity index is 840. The van der Waals surface area contributed by atoms with Gasteiger partial charge in [-0.2, -0.15) is 5.10 Å². The van der Waals surface area contributed by atoms with E-state index in [-0.39, 0.29) is 6.04 Å². The minimum Gasteiger partial charge on any atom is -0.263 e. The van der Waals surface area contributed by atoms with Gasteiger partial charge in [-0.25, -0.2) is 18.1 Å². The third-order valence-electron chi connectivity index (χ3n) is 3.75. The molecule has 1 aromatic carbocycles. The Balaban J connectivity index is 1.69. The van der Waals surface area contributed by atoms with E-state index in [1.165, 1.54) is 0 Å². The van der Waals surface area contributed by atoms with Gasteiger partial charge in [-0.05, 0) is 18.6 Å². The standard InChI is InChI=1S/C13H13N5O2S/c19-21(20)11-4-2-1-3-10(11)13(17-21)16-9-5-6-12-14-8-15-18(12)7-9/h1-4,8-9H,5-7H2,(H,16,17). The van der Waals surface area contributed by atoms with Gasteiger partial charge >= 0.3 is 0 Å². The van der Waals surface area contributed by atoms with Crippen LogP contribution in [0.15, 0.2) is 40.5 Å². The van der Waals surface area contributed by atoms with E-state index in [0.717, 1.165) is 18.7 Å². The van der Waals surface area contributed by atoms with E-state index in [9.17, 15) is 8.42 Å². The topological polar surface area (TPSA) is 89.2 Å². The number of aromatic nitrogens is 3. The van der Waals surface area contributed by atoms with Crippen LogP contribution in [0.4, 0.5) is 0 Å². The minimum absolute atomic E-state index is 0.00283. The van der Waals surface area contributed by atoms with Crippen LogP contribution in [0.1, 0.15) is 17.8 Å². The molecule has 8 heteroatoms. The number of nitrogens with zero attached hydrogens (tertiary/aromatic N) is 4. The third kappa shape index (κ3) is 2.02. The Morgan fingerprint density at radius 3 is 3.10 bits per heavy atom. The first-order chi connectivity index (χ1) is 10.1. The van der Waals surface area contributed by atoms with Crippen molar-refractivity contribution in [1.82, 2.24) is 19.5 Å². The summed E-state index contributed by atoms with van der Waals surface area (Å²) in [5.74, 6) is 1.39. The van der Waals surface area contributed by atoms with Gasteiger partial charge in [0.15, 0.2) is 0 Å². The lowest BCUT2D eigenvalue weighted by molar-refractivity contribution is 0.423. The highest BCUT2D eigenvalue weighted by Crippen LogP contribution is 2.24. The number of nitrogens with one attached hydrogen (secondary N) is 1. The van der Waals surface area contributed by atoms with Crippen molar-refractivity contribution in [3.05, 3.63) is 42.0 Å². The van der Waals surface area contributed by atoms with E-state index in [2.05, 4.69) is 19.8 Å². The smallest absolute Gasteiger partial charge is 0.263 e. The number of rotatable bonds is 1. The first-order valence-electron chi connectivity index (χ1n) is 6.70. The van der Waals surface area contributed by atoms with Gasteiger partial charge in [0.25, 0.3) is 10.0 Å². The van der Waals surface area contributed by atoms with E-state index >= 15 is 0 Å². The second kappa shape index (κ2) is 4.39. The Labute approximate surface area is 121 Å².